The third-order valence-corrected chi connectivity index (χ3v) is 5.61. The predicted molar refractivity (Wildman–Crippen MR) is 141 cm³/mol. The highest BCUT2D eigenvalue weighted by Gasteiger charge is 2.16. The quantitative estimate of drug-likeness (QED) is 0.324. The van der Waals surface area contributed by atoms with Gasteiger partial charge in [-0.3, -0.25) is 4.79 Å². The van der Waals surface area contributed by atoms with Crippen LogP contribution in [0.4, 0.5) is 11.6 Å². The Hall–Kier alpha value is -4.10. The van der Waals surface area contributed by atoms with E-state index in [9.17, 15) is 4.79 Å². The van der Waals surface area contributed by atoms with E-state index in [0.717, 1.165) is 28.1 Å². The van der Waals surface area contributed by atoms with Gasteiger partial charge in [0, 0.05) is 43.0 Å². The first-order valence-corrected chi connectivity index (χ1v) is 11.4. The summed E-state index contributed by atoms with van der Waals surface area (Å²) >= 11 is 5.95. The monoisotopic (exact) mass is 487 g/mol. The summed E-state index contributed by atoms with van der Waals surface area (Å²) in [5.74, 6) is 1.21. The second kappa shape index (κ2) is 10.9. The van der Waals surface area contributed by atoms with Gasteiger partial charge in [0.25, 0.3) is 5.91 Å². The molecule has 0 aliphatic rings. The summed E-state index contributed by atoms with van der Waals surface area (Å²) in [6.45, 7) is 0.489. The van der Waals surface area contributed by atoms with E-state index in [-0.39, 0.29) is 5.91 Å². The first kappa shape index (κ1) is 24.0. The Balaban J connectivity index is 1.59. The number of allylic oxidation sites excluding steroid dienone is 1. The molecule has 4 aromatic rings. The van der Waals surface area contributed by atoms with E-state index in [2.05, 4.69) is 15.4 Å². The molecule has 4 rings (SSSR count). The second-order valence-corrected chi connectivity index (χ2v) is 8.47. The van der Waals surface area contributed by atoms with Gasteiger partial charge in [-0.1, -0.05) is 35.9 Å². The first-order valence-electron chi connectivity index (χ1n) is 11.0. The fourth-order valence-corrected chi connectivity index (χ4v) is 3.47. The molecule has 7 nitrogen and oxygen atoms in total. The molecular weight excluding hydrogens is 462 g/mol. The Morgan fingerprint density at radius 3 is 2.34 bits per heavy atom. The second-order valence-electron chi connectivity index (χ2n) is 8.04. The van der Waals surface area contributed by atoms with Gasteiger partial charge in [0.2, 0.25) is 5.95 Å². The molecule has 0 aliphatic heterocycles. The molecule has 0 atom stereocenters. The normalized spacial score (nSPS) is 11.0. The average Bonchev–Trinajstić information content (AvgIpc) is 3.31. The van der Waals surface area contributed by atoms with Crippen molar-refractivity contribution in [2.45, 2.75) is 6.54 Å². The Morgan fingerprint density at radius 2 is 1.71 bits per heavy atom. The van der Waals surface area contributed by atoms with E-state index >= 15 is 0 Å². The van der Waals surface area contributed by atoms with E-state index in [4.69, 9.17) is 16.3 Å². The van der Waals surface area contributed by atoms with Gasteiger partial charge in [0.15, 0.2) is 5.82 Å². The van der Waals surface area contributed by atoms with Crippen LogP contribution in [0.5, 0.6) is 5.75 Å². The van der Waals surface area contributed by atoms with Crippen LogP contribution in [0.15, 0.2) is 78.9 Å². The number of carbonyl (C=O) groups excluding carboxylic acids is 1. The van der Waals surface area contributed by atoms with Crippen molar-refractivity contribution < 1.29 is 9.53 Å². The van der Waals surface area contributed by atoms with Gasteiger partial charge in [0.05, 0.1) is 7.11 Å². The summed E-state index contributed by atoms with van der Waals surface area (Å²) in [6.07, 6.45) is 3.18. The minimum Gasteiger partial charge on any atom is -0.497 e. The number of methoxy groups -OCH3 is 1. The van der Waals surface area contributed by atoms with Crippen LogP contribution in [0.2, 0.25) is 5.02 Å². The zero-order valence-electron chi connectivity index (χ0n) is 19.8. The van der Waals surface area contributed by atoms with Crippen molar-refractivity contribution in [2.75, 3.05) is 31.4 Å². The van der Waals surface area contributed by atoms with Crippen molar-refractivity contribution in [3.63, 3.8) is 0 Å². The molecule has 0 unspecified atom stereocenters. The number of aromatic nitrogens is 3. The maximum Gasteiger partial charge on any atom is 0.274 e. The summed E-state index contributed by atoms with van der Waals surface area (Å²) in [4.78, 5) is 19.7. The number of nitrogens with zero attached hydrogens (tertiary/aromatic N) is 4. The first-order chi connectivity index (χ1) is 16.9. The summed E-state index contributed by atoms with van der Waals surface area (Å²) in [7, 11) is 5.61. The fraction of sp³-hybridized carbons (Fsp3) is 0.148. The lowest BCUT2D eigenvalue weighted by atomic mass is 10.2. The smallest absolute Gasteiger partial charge is 0.274 e. The van der Waals surface area contributed by atoms with Crippen LogP contribution >= 0.6 is 11.6 Å². The van der Waals surface area contributed by atoms with Gasteiger partial charge in [-0.15, -0.1) is 5.10 Å². The van der Waals surface area contributed by atoms with E-state index in [1.165, 1.54) is 10.8 Å². The van der Waals surface area contributed by atoms with Crippen molar-refractivity contribution in [3.8, 4) is 17.1 Å². The highest BCUT2D eigenvalue weighted by molar-refractivity contribution is 6.30. The number of halogens is 1. The number of nitrogens with one attached hydrogen (secondary N) is 1. The molecule has 35 heavy (non-hydrogen) atoms. The number of rotatable bonds is 8. The van der Waals surface area contributed by atoms with Crippen LogP contribution in [0, 0.1) is 0 Å². The topological polar surface area (TPSA) is 72.3 Å². The maximum absolute atomic E-state index is 13.1. The lowest BCUT2D eigenvalue weighted by molar-refractivity contribution is 0.0957. The molecule has 3 aromatic carbocycles. The van der Waals surface area contributed by atoms with Gasteiger partial charge >= 0.3 is 0 Å². The number of anilines is 2. The Labute approximate surface area is 209 Å². The Kier molecular flexibility index (Phi) is 7.48. The van der Waals surface area contributed by atoms with Crippen LogP contribution in [-0.2, 0) is 6.54 Å². The molecule has 0 aliphatic carbocycles. The van der Waals surface area contributed by atoms with Crippen LogP contribution in [0.1, 0.15) is 15.9 Å². The molecule has 1 aromatic heterocycles. The average molecular weight is 488 g/mol. The van der Waals surface area contributed by atoms with Crippen LogP contribution in [-0.4, -0.2) is 41.9 Å². The molecular formula is C27H26ClN5O2. The lowest BCUT2D eigenvalue weighted by Gasteiger charge is -2.13. The lowest BCUT2D eigenvalue weighted by Crippen LogP contribution is -2.14. The Bertz CT molecular complexity index is 1310. The number of benzene rings is 3. The third kappa shape index (κ3) is 6.07. The molecule has 0 saturated heterocycles. The van der Waals surface area contributed by atoms with Crippen molar-refractivity contribution in [1.82, 2.24) is 14.8 Å². The molecule has 178 valence electrons. The zero-order chi connectivity index (χ0) is 24.8. The number of hydrogen-bond acceptors (Lipinski definition) is 6. The molecule has 0 radical (unpaired) electrons. The zero-order valence-corrected chi connectivity index (χ0v) is 20.5. The highest BCUT2D eigenvalue weighted by atomic mass is 35.5. The molecule has 8 heteroatoms. The predicted octanol–water partition coefficient (Wildman–Crippen LogP) is 5.64. The van der Waals surface area contributed by atoms with E-state index < -0.39 is 0 Å². The van der Waals surface area contributed by atoms with Crippen LogP contribution in [0.3, 0.4) is 0 Å². The molecule has 0 bridgehead atoms. The molecule has 1 heterocycles. The SMILES string of the molecule is COc1ccc(-c2nc(NCc3ccc(N(C)C)cc3)n(C(=O)C=Cc3ccc(Cl)cc3)n2)cc1. The Morgan fingerprint density at radius 1 is 1.03 bits per heavy atom. The van der Waals surface area contributed by atoms with E-state index in [0.29, 0.717) is 23.3 Å². The molecule has 0 amide bonds. The molecule has 0 fully saturated rings. The van der Waals surface area contributed by atoms with Gasteiger partial charge in [0.1, 0.15) is 5.75 Å². The maximum atomic E-state index is 13.1. The number of carbonyl (C=O) groups is 1. The summed E-state index contributed by atoms with van der Waals surface area (Å²) in [5, 5.41) is 8.38. The molecule has 0 saturated carbocycles. The summed E-state index contributed by atoms with van der Waals surface area (Å²) < 4.78 is 6.51. The van der Waals surface area contributed by atoms with Crippen LogP contribution < -0.4 is 15.0 Å². The highest BCUT2D eigenvalue weighted by Crippen LogP contribution is 2.22. The van der Waals surface area contributed by atoms with Crippen molar-refractivity contribution in [3.05, 3.63) is 95.0 Å². The van der Waals surface area contributed by atoms with E-state index in [1.54, 1.807) is 25.3 Å². The van der Waals surface area contributed by atoms with Gasteiger partial charge in [-0.2, -0.15) is 9.67 Å². The standard InChI is InChI=1S/C27H26ClN5O2/c1-32(2)23-13-6-20(7-14-23)18-29-27-30-26(21-9-15-24(35-3)16-10-21)31-33(27)25(34)17-8-19-4-11-22(28)12-5-19/h4-17H,18H2,1-3H3,(H,29,30,31). The van der Waals surface area contributed by atoms with Gasteiger partial charge in [-0.05, 0) is 65.7 Å². The summed E-state index contributed by atoms with van der Waals surface area (Å²) in [5.41, 5.74) is 3.80. The molecule has 0 spiro atoms. The summed E-state index contributed by atoms with van der Waals surface area (Å²) in [6, 6.07) is 22.8. The van der Waals surface area contributed by atoms with Crippen molar-refractivity contribution in [2.24, 2.45) is 0 Å². The number of ether oxygens (including phenoxy) is 1. The van der Waals surface area contributed by atoms with E-state index in [1.807, 2.05) is 79.7 Å². The van der Waals surface area contributed by atoms with Crippen LogP contribution in [0.25, 0.3) is 17.5 Å². The third-order valence-electron chi connectivity index (χ3n) is 5.36. The van der Waals surface area contributed by atoms with Gasteiger partial charge in [-0.25, -0.2) is 0 Å². The van der Waals surface area contributed by atoms with Crippen molar-refractivity contribution in [1.29, 1.82) is 0 Å². The van der Waals surface area contributed by atoms with Gasteiger partial charge < -0.3 is 15.0 Å². The minimum atomic E-state index is -0.322. The molecule has 1 N–H and O–H groups in total. The number of hydrogen-bond donors (Lipinski definition) is 1. The largest absolute Gasteiger partial charge is 0.497 e. The van der Waals surface area contributed by atoms with Crippen molar-refractivity contribution >= 4 is 35.2 Å². The fourth-order valence-electron chi connectivity index (χ4n) is 3.35. The minimum absolute atomic E-state index is 0.322.